The van der Waals surface area contributed by atoms with Gasteiger partial charge in [0.2, 0.25) is 0 Å². The highest BCUT2D eigenvalue weighted by atomic mass is 15.1. The fraction of sp³-hybridized carbons (Fsp3) is 0.0690. The highest BCUT2D eigenvalue weighted by Crippen LogP contribution is 2.64. The molecule has 0 heterocycles. The molecule has 0 saturated heterocycles. The Kier molecular flexibility index (Phi) is 7.26. The van der Waals surface area contributed by atoms with Crippen molar-refractivity contribution in [2.24, 2.45) is 0 Å². The highest BCUT2D eigenvalue weighted by Gasteiger charge is 2.52. The molecule has 12 rings (SSSR count). The number of nitrogens with zero attached hydrogens (tertiary/aromatic N) is 1. The zero-order valence-corrected chi connectivity index (χ0v) is 33.2. The lowest BCUT2D eigenvalue weighted by atomic mass is 9.70. The zero-order valence-electron chi connectivity index (χ0n) is 33.2. The lowest BCUT2D eigenvalue weighted by Gasteiger charge is -2.33. The van der Waals surface area contributed by atoms with Crippen LogP contribution in [0.25, 0.3) is 55.6 Å². The van der Waals surface area contributed by atoms with Crippen LogP contribution in [-0.4, -0.2) is 0 Å². The first-order valence-electron chi connectivity index (χ1n) is 20.8. The Balaban J connectivity index is 1.12. The predicted molar refractivity (Wildman–Crippen MR) is 246 cm³/mol. The second-order valence-electron chi connectivity index (χ2n) is 16.8. The number of hydrogen-bond donors (Lipinski definition) is 0. The Hall–Kier alpha value is -7.22. The van der Waals surface area contributed by atoms with Gasteiger partial charge in [-0.2, -0.15) is 0 Å². The number of rotatable bonds is 5. The molecule has 1 atom stereocenters. The van der Waals surface area contributed by atoms with Gasteiger partial charge >= 0.3 is 0 Å². The van der Waals surface area contributed by atoms with Crippen LogP contribution in [0.5, 0.6) is 0 Å². The van der Waals surface area contributed by atoms with Gasteiger partial charge in [-0.15, -0.1) is 0 Å². The average Bonchev–Trinajstić information content (AvgIpc) is 3.85. The van der Waals surface area contributed by atoms with Crippen LogP contribution in [0.3, 0.4) is 0 Å². The van der Waals surface area contributed by atoms with Crippen LogP contribution in [0.2, 0.25) is 0 Å². The first-order valence-corrected chi connectivity index (χ1v) is 20.8. The molecule has 3 aliphatic rings. The molecule has 1 heteroatoms. The third-order valence-electron chi connectivity index (χ3n) is 13.5. The molecule has 1 unspecified atom stereocenters. The van der Waals surface area contributed by atoms with E-state index in [1.165, 1.54) is 89.0 Å². The van der Waals surface area contributed by atoms with Gasteiger partial charge in [-0.25, -0.2) is 0 Å². The van der Waals surface area contributed by atoms with E-state index in [0.717, 1.165) is 17.1 Å². The molecule has 0 amide bonds. The van der Waals surface area contributed by atoms with Crippen molar-refractivity contribution in [3.8, 4) is 55.6 Å². The minimum atomic E-state index is -0.488. The lowest BCUT2D eigenvalue weighted by Crippen LogP contribution is -2.26. The summed E-state index contributed by atoms with van der Waals surface area (Å²) in [6.45, 7) is 4.74. The second kappa shape index (κ2) is 12.6. The van der Waals surface area contributed by atoms with E-state index in [-0.39, 0.29) is 5.41 Å². The smallest absolute Gasteiger partial charge is 0.0726 e. The molecule has 1 spiro atoms. The van der Waals surface area contributed by atoms with Crippen molar-refractivity contribution in [1.82, 2.24) is 0 Å². The number of anilines is 3. The van der Waals surface area contributed by atoms with Gasteiger partial charge in [-0.3, -0.25) is 0 Å². The summed E-state index contributed by atoms with van der Waals surface area (Å²) in [5.41, 5.74) is 23.7. The molecule has 0 radical (unpaired) electrons. The number of fused-ring (bicyclic) bond motifs is 13. The normalized spacial score (nSPS) is 15.8. The van der Waals surface area contributed by atoms with Crippen LogP contribution in [0.1, 0.15) is 47.2 Å². The maximum Gasteiger partial charge on any atom is 0.0726 e. The Morgan fingerprint density at radius 1 is 0.288 bits per heavy atom. The Morgan fingerprint density at radius 3 is 1.46 bits per heavy atom. The Bertz CT molecular complexity index is 3140. The minimum Gasteiger partial charge on any atom is -0.310 e. The standard InChI is InChI=1S/C58H41N/c1-57(2)50-27-12-9-23-45(50)47-33-31-42(36-54(47)57)59(41-22-15-21-40(35-41)38-17-5-3-6-18-38)43-32-34-48-46-24-10-13-28-51(46)58(55(48)37-43)52-29-14-11-25-49(52)56-44(26-16-30-53(56)58)39-19-7-4-8-20-39/h3-37H,1-2H3. The number of benzene rings is 9. The summed E-state index contributed by atoms with van der Waals surface area (Å²) in [6, 6.07) is 79.2. The van der Waals surface area contributed by atoms with E-state index in [9.17, 15) is 0 Å². The maximum atomic E-state index is 2.51. The monoisotopic (exact) mass is 751 g/mol. The molecule has 59 heavy (non-hydrogen) atoms. The van der Waals surface area contributed by atoms with E-state index >= 15 is 0 Å². The predicted octanol–water partition coefficient (Wildman–Crippen LogP) is 15.1. The fourth-order valence-corrected chi connectivity index (χ4v) is 10.9. The third kappa shape index (κ3) is 4.73. The molecule has 0 saturated carbocycles. The van der Waals surface area contributed by atoms with Crippen molar-refractivity contribution in [3.63, 3.8) is 0 Å². The molecule has 1 nitrogen and oxygen atoms in total. The topological polar surface area (TPSA) is 3.24 Å². The Morgan fingerprint density at radius 2 is 0.746 bits per heavy atom. The third-order valence-corrected chi connectivity index (χ3v) is 13.5. The fourth-order valence-electron chi connectivity index (χ4n) is 10.9. The van der Waals surface area contributed by atoms with Gasteiger partial charge in [0.1, 0.15) is 0 Å². The van der Waals surface area contributed by atoms with E-state index in [0.29, 0.717) is 0 Å². The minimum absolute atomic E-state index is 0.128. The SMILES string of the molecule is CC1(C)c2ccccc2-c2ccc(N(c3cccc(-c4ccccc4)c3)c3ccc4c(c3)C3(c5ccccc5-4)c4ccccc4-c4c(-c5ccccc5)cccc43)cc21. The van der Waals surface area contributed by atoms with Crippen LogP contribution >= 0.6 is 0 Å². The summed E-state index contributed by atoms with van der Waals surface area (Å²) in [5, 5.41) is 0. The van der Waals surface area contributed by atoms with E-state index in [2.05, 4.69) is 231 Å². The second-order valence-corrected chi connectivity index (χ2v) is 16.8. The van der Waals surface area contributed by atoms with Gasteiger partial charge < -0.3 is 4.90 Å². The average molecular weight is 752 g/mol. The summed E-state index contributed by atoms with van der Waals surface area (Å²) < 4.78 is 0. The van der Waals surface area contributed by atoms with Crippen molar-refractivity contribution in [2.75, 3.05) is 4.90 Å². The van der Waals surface area contributed by atoms with Crippen molar-refractivity contribution in [3.05, 3.63) is 246 Å². The molecular weight excluding hydrogens is 711 g/mol. The van der Waals surface area contributed by atoms with Crippen molar-refractivity contribution in [1.29, 1.82) is 0 Å². The van der Waals surface area contributed by atoms with Crippen molar-refractivity contribution in [2.45, 2.75) is 24.7 Å². The Labute approximate surface area is 346 Å². The summed E-state index contributed by atoms with van der Waals surface area (Å²) in [5.74, 6) is 0. The summed E-state index contributed by atoms with van der Waals surface area (Å²) >= 11 is 0. The van der Waals surface area contributed by atoms with Crippen LogP contribution in [0.4, 0.5) is 17.1 Å². The van der Waals surface area contributed by atoms with Crippen LogP contribution in [0.15, 0.2) is 212 Å². The molecule has 0 N–H and O–H groups in total. The van der Waals surface area contributed by atoms with Crippen LogP contribution in [0, 0.1) is 0 Å². The van der Waals surface area contributed by atoms with E-state index in [1.807, 2.05) is 0 Å². The van der Waals surface area contributed by atoms with Gasteiger partial charge in [0.25, 0.3) is 0 Å². The number of hydrogen-bond acceptors (Lipinski definition) is 1. The van der Waals surface area contributed by atoms with E-state index < -0.39 is 5.41 Å². The largest absolute Gasteiger partial charge is 0.310 e. The van der Waals surface area contributed by atoms with E-state index in [4.69, 9.17) is 0 Å². The molecular formula is C58H41N. The first kappa shape index (κ1) is 33.9. The molecule has 3 aliphatic carbocycles. The van der Waals surface area contributed by atoms with Crippen molar-refractivity contribution < 1.29 is 0 Å². The molecule has 278 valence electrons. The van der Waals surface area contributed by atoms with Gasteiger partial charge in [-0.05, 0) is 125 Å². The summed E-state index contributed by atoms with van der Waals surface area (Å²) in [4.78, 5) is 2.49. The molecule has 0 fully saturated rings. The zero-order chi connectivity index (χ0) is 39.3. The molecule has 9 aromatic rings. The first-order chi connectivity index (χ1) is 29.0. The van der Waals surface area contributed by atoms with Crippen molar-refractivity contribution >= 4 is 17.1 Å². The van der Waals surface area contributed by atoms with Gasteiger partial charge in [0, 0.05) is 22.5 Å². The van der Waals surface area contributed by atoms with Gasteiger partial charge in [0.05, 0.1) is 5.41 Å². The lowest BCUT2D eigenvalue weighted by molar-refractivity contribution is 0.660. The van der Waals surface area contributed by atoms with Crippen LogP contribution < -0.4 is 4.90 Å². The van der Waals surface area contributed by atoms with Gasteiger partial charge in [0.15, 0.2) is 0 Å². The summed E-state index contributed by atoms with van der Waals surface area (Å²) in [7, 11) is 0. The molecule has 0 aromatic heterocycles. The maximum absolute atomic E-state index is 2.51. The molecule has 0 aliphatic heterocycles. The van der Waals surface area contributed by atoms with Crippen LogP contribution in [-0.2, 0) is 10.8 Å². The van der Waals surface area contributed by atoms with E-state index in [1.54, 1.807) is 0 Å². The molecule has 0 bridgehead atoms. The molecule has 9 aromatic carbocycles. The highest BCUT2D eigenvalue weighted by molar-refractivity contribution is 6.01. The quantitative estimate of drug-likeness (QED) is 0.169. The van der Waals surface area contributed by atoms with Gasteiger partial charge in [-0.1, -0.05) is 190 Å². The summed E-state index contributed by atoms with van der Waals surface area (Å²) in [6.07, 6.45) is 0.